The molecule has 2 aromatic carbocycles. The number of carbonyl (C=O) groups is 1. The number of hydrogen-bond donors (Lipinski definition) is 2. The Morgan fingerprint density at radius 1 is 1.10 bits per heavy atom. The minimum absolute atomic E-state index is 0.132. The molecule has 0 saturated carbocycles. The fraction of sp³-hybridized carbons (Fsp3) is 0.188. The van der Waals surface area contributed by atoms with Gasteiger partial charge >= 0.3 is 0 Å². The molecule has 1 amide bonds. The first-order valence-electron chi connectivity index (χ1n) is 6.70. The predicted octanol–water partition coefficient (Wildman–Crippen LogP) is 3.26. The second kappa shape index (κ2) is 7.46. The lowest BCUT2D eigenvalue weighted by molar-refractivity contribution is -0.682. The van der Waals surface area contributed by atoms with Crippen LogP contribution in [-0.4, -0.2) is 12.5 Å². The highest BCUT2D eigenvalue weighted by Crippen LogP contribution is 2.29. The lowest BCUT2D eigenvalue weighted by Gasteiger charge is -2.12. The van der Waals surface area contributed by atoms with Crippen molar-refractivity contribution in [2.75, 3.05) is 11.9 Å². The summed E-state index contributed by atoms with van der Waals surface area (Å²) in [5, 5.41) is 5.59. The van der Waals surface area contributed by atoms with Crippen LogP contribution in [0.3, 0.4) is 0 Å². The van der Waals surface area contributed by atoms with Crippen molar-refractivity contribution >= 4 is 34.8 Å². The Labute approximate surface area is 134 Å². The summed E-state index contributed by atoms with van der Waals surface area (Å²) in [4.78, 5) is 12.0. The minimum atomic E-state index is -0.132. The Morgan fingerprint density at radius 3 is 2.33 bits per heavy atom. The first-order chi connectivity index (χ1) is 10.1. The number of nitrogens with one attached hydrogen (secondary N) is 1. The van der Waals surface area contributed by atoms with Gasteiger partial charge < -0.3 is 10.6 Å². The van der Waals surface area contributed by atoms with Crippen LogP contribution in [0, 0.1) is 0 Å². The third kappa shape index (κ3) is 4.46. The second-order valence-electron chi connectivity index (χ2n) is 4.78. The predicted molar refractivity (Wildman–Crippen MR) is 86.7 cm³/mol. The van der Waals surface area contributed by atoms with Gasteiger partial charge in [0.1, 0.15) is 6.04 Å². The molecule has 0 spiro atoms. The molecule has 0 aliphatic rings. The van der Waals surface area contributed by atoms with Gasteiger partial charge in [0.15, 0.2) is 6.54 Å². The monoisotopic (exact) mass is 323 g/mol. The Kier molecular flexibility index (Phi) is 5.62. The molecule has 0 radical (unpaired) electrons. The van der Waals surface area contributed by atoms with Crippen LogP contribution < -0.4 is 10.6 Å². The van der Waals surface area contributed by atoms with Crippen LogP contribution >= 0.6 is 23.2 Å². The number of para-hydroxylation sites is 1. The van der Waals surface area contributed by atoms with E-state index >= 15 is 0 Å². The van der Waals surface area contributed by atoms with E-state index < -0.39 is 0 Å². The summed E-state index contributed by atoms with van der Waals surface area (Å²) in [5.41, 5.74) is 1.65. The molecular formula is C16H17Cl2N2O+. The van der Waals surface area contributed by atoms with Crippen LogP contribution in [0.15, 0.2) is 48.5 Å². The summed E-state index contributed by atoms with van der Waals surface area (Å²) in [6.07, 6.45) is 0. The lowest BCUT2D eigenvalue weighted by atomic mass is 10.1. The molecule has 1 atom stereocenters. The smallest absolute Gasteiger partial charge is 0.279 e. The summed E-state index contributed by atoms with van der Waals surface area (Å²) in [6, 6.07) is 15.4. The van der Waals surface area contributed by atoms with Gasteiger partial charge in [0.25, 0.3) is 5.91 Å². The van der Waals surface area contributed by atoms with Gasteiger partial charge in [0.2, 0.25) is 0 Å². The van der Waals surface area contributed by atoms with E-state index in [1.807, 2.05) is 35.6 Å². The summed E-state index contributed by atoms with van der Waals surface area (Å²) >= 11 is 12.0. The van der Waals surface area contributed by atoms with Gasteiger partial charge in [-0.25, -0.2) is 0 Å². The van der Waals surface area contributed by atoms with Crippen LogP contribution in [0.5, 0.6) is 0 Å². The van der Waals surface area contributed by atoms with Crippen LogP contribution in [0.2, 0.25) is 10.0 Å². The van der Waals surface area contributed by atoms with Crippen molar-refractivity contribution in [2.45, 2.75) is 13.0 Å². The molecule has 0 saturated heterocycles. The number of benzene rings is 2. The van der Waals surface area contributed by atoms with Gasteiger partial charge in [-0.05, 0) is 19.1 Å². The standard InChI is InChI=1S/C16H16Cl2N2O/c1-11(12-6-3-2-4-7-12)19-10-15(21)20-16-13(17)8-5-9-14(16)18/h2-9,11,19H,10H2,1H3,(H,20,21)/p+1/t11-/m0/s1. The molecule has 0 heterocycles. The van der Waals surface area contributed by atoms with Gasteiger partial charge in [0, 0.05) is 5.56 Å². The normalized spacial score (nSPS) is 12.0. The first kappa shape index (κ1) is 15.8. The third-order valence-electron chi connectivity index (χ3n) is 3.21. The molecule has 0 aliphatic heterocycles. The van der Waals surface area contributed by atoms with Crippen molar-refractivity contribution in [3.63, 3.8) is 0 Å². The van der Waals surface area contributed by atoms with Crippen LogP contribution in [0.1, 0.15) is 18.5 Å². The van der Waals surface area contributed by atoms with E-state index in [1.54, 1.807) is 18.2 Å². The zero-order valence-electron chi connectivity index (χ0n) is 11.6. The van der Waals surface area contributed by atoms with Gasteiger partial charge in [-0.1, -0.05) is 59.6 Å². The van der Waals surface area contributed by atoms with Gasteiger partial charge in [-0.2, -0.15) is 0 Å². The molecular weight excluding hydrogens is 307 g/mol. The zero-order chi connectivity index (χ0) is 15.2. The first-order valence-corrected chi connectivity index (χ1v) is 7.45. The summed E-state index contributed by atoms with van der Waals surface area (Å²) < 4.78 is 0. The number of amides is 1. The fourth-order valence-corrected chi connectivity index (χ4v) is 2.48. The molecule has 0 bridgehead atoms. The lowest BCUT2D eigenvalue weighted by Crippen LogP contribution is -2.86. The molecule has 2 aromatic rings. The molecule has 21 heavy (non-hydrogen) atoms. The zero-order valence-corrected chi connectivity index (χ0v) is 13.2. The number of rotatable bonds is 5. The quantitative estimate of drug-likeness (QED) is 0.871. The molecule has 2 rings (SSSR count). The van der Waals surface area contributed by atoms with E-state index in [0.29, 0.717) is 22.3 Å². The highest BCUT2D eigenvalue weighted by Gasteiger charge is 2.13. The molecule has 110 valence electrons. The van der Waals surface area contributed by atoms with E-state index in [2.05, 4.69) is 12.2 Å². The Hall–Kier alpha value is -1.55. The number of quaternary nitrogens is 1. The Morgan fingerprint density at radius 2 is 1.71 bits per heavy atom. The number of halogens is 2. The SMILES string of the molecule is C[C@H]([NH2+]CC(=O)Nc1c(Cl)cccc1Cl)c1ccccc1. The largest absolute Gasteiger partial charge is 0.333 e. The highest BCUT2D eigenvalue weighted by atomic mass is 35.5. The topological polar surface area (TPSA) is 45.7 Å². The maximum Gasteiger partial charge on any atom is 0.279 e. The highest BCUT2D eigenvalue weighted by molar-refractivity contribution is 6.39. The van der Waals surface area contributed by atoms with E-state index in [-0.39, 0.29) is 11.9 Å². The minimum Gasteiger partial charge on any atom is -0.333 e. The van der Waals surface area contributed by atoms with Crippen molar-refractivity contribution < 1.29 is 10.1 Å². The van der Waals surface area contributed by atoms with Crippen molar-refractivity contribution in [1.82, 2.24) is 0 Å². The van der Waals surface area contributed by atoms with Crippen LogP contribution in [-0.2, 0) is 4.79 Å². The molecule has 3 N–H and O–H groups in total. The summed E-state index contributed by atoms with van der Waals surface area (Å²) in [7, 11) is 0. The average molecular weight is 324 g/mol. The molecule has 5 heteroatoms. The maximum atomic E-state index is 12.0. The fourth-order valence-electron chi connectivity index (χ4n) is 1.98. The van der Waals surface area contributed by atoms with Gasteiger partial charge in [0.05, 0.1) is 15.7 Å². The van der Waals surface area contributed by atoms with Crippen LogP contribution in [0.4, 0.5) is 5.69 Å². The van der Waals surface area contributed by atoms with E-state index in [4.69, 9.17) is 23.2 Å². The van der Waals surface area contributed by atoms with E-state index in [9.17, 15) is 4.79 Å². The average Bonchev–Trinajstić information content (AvgIpc) is 2.49. The van der Waals surface area contributed by atoms with Crippen molar-refractivity contribution in [1.29, 1.82) is 0 Å². The molecule has 0 aliphatic carbocycles. The van der Waals surface area contributed by atoms with E-state index in [1.165, 1.54) is 5.56 Å². The number of nitrogens with two attached hydrogens (primary N) is 1. The third-order valence-corrected chi connectivity index (χ3v) is 3.84. The molecule has 0 fully saturated rings. The Balaban J connectivity index is 1.91. The van der Waals surface area contributed by atoms with E-state index in [0.717, 1.165) is 0 Å². The maximum absolute atomic E-state index is 12.0. The van der Waals surface area contributed by atoms with Crippen LogP contribution in [0.25, 0.3) is 0 Å². The van der Waals surface area contributed by atoms with Crippen molar-refractivity contribution in [3.8, 4) is 0 Å². The number of anilines is 1. The van der Waals surface area contributed by atoms with Gasteiger partial charge in [-0.15, -0.1) is 0 Å². The molecule has 0 aromatic heterocycles. The summed E-state index contributed by atoms with van der Waals surface area (Å²) in [6.45, 7) is 2.36. The van der Waals surface area contributed by atoms with Crippen molar-refractivity contribution in [2.24, 2.45) is 0 Å². The van der Waals surface area contributed by atoms with Gasteiger partial charge in [-0.3, -0.25) is 4.79 Å². The number of hydrogen-bond acceptors (Lipinski definition) is 1. The Bertz CT molecular complexity index is 597. The summed E-state index contributed by atoms with van der Waals surface area (Å²) in [5.74, 6) is -0.132. The molecule has 3 nitrogen and oxygen atoms in total. The number of carbonyl (C=O) groups excluding carboxylic acids is 1. The molecule has 0 unspecified atom stereocenters. The second-order valence-corrected chi connectivity index (χ2v) is 5.60. The van der Waals surface area contributed by atoms with Crippen molar-refractivity contribution in [3.05, 3.63) is 64.1 Å².